The zero-order chi connectivity index (χ0) is 13.9. The van der Waals surface area contributed by atoms with Gasteiger partial charge in [-0.1, -0.05) is 6.92 Å². The van der Waals surface area contributed by atoms with Crippen LogP contribution in [0.5, 0.6) is 5.75 Å². The lowest BCUT2D eigenvalue weighted by atomic mass is 10.0. The van der Waals surface area contributed by atoms with Crippen molar-refractivity contribution in [2.45, 2.75) is 19.4 Å². The first-order valence-corrected chi connectivity index (χ1v) is 7.43. The van der Waals surface area contributed by atoms with Gasteiger partial charge < -0.3 is 15.0 Å². The van der Waals surface area contributed by atoms with E-state index in [1.807, 2.05) is 6.07 Å². The molecule has 2 N–H and O–H groups in total. The van der Waals surface area contributed by atoms with E-state index >= 15 is 0 Å². The molecule has 22 heavy (non-hydrogen) atoms. The van der Waals surface area contributed by atoms with Crippen molar-refractivity contribution < 1.29 is 4.74 Å². The summed E-state index contributed by atoms with van der Waals surface area (Å²) < 4.78 is 5.37. The Morgan fingerprint density at radius 2 is 1.95 bits per heavy atom. The molecule has 124 valence electrons. The van der Waals surface area contributed by atoms with Crippen LogP contribution < -0.4 is 10.1 Å². The van der Waals surface area contributed by atoms with Gasteiger partial charge >= 0.3 is 0 Å². The number of nitrogens with one attached hydrogen (secondary N) is 2. The Labute approximate surface area is 144 Å². The molecule has 0 unspecified atom stereocenters. The lowest BCUT2D eigenvalue weighted by Crippen LogP contribution is -2.45. The molecule has 2 heterocycles. The maximum atomic E-state index is 5.37. The third kappa shape index (κ3) is 3.69. The Bertz CT molecular complexity index is 582. The van der Waals surface area contributed by atoms with Crippen LogP contribution in [0.25, 0.3) is 10.9 Å². The van der Waals surface area contributed by atoms with Crippen molar-refractivity contribution in [2.75, 3.05) is 33.3 Å². The number of benzene rings is 1. The molecule has 3 rings (SSSR count). The third-order valence-corrected chi connectivity index (χ3v) is 4.26. The molecule has 0 aliphatic carbocycles. The normalized spacial score (nSPS) is 16.6. The van der Waals surface area contributed by atoms with Crippen LogP contribution in [0.4, 0.5) is 0 Å². The summed E-state index contributed by atoms with van der Waals surface area (Å²) in [7, 11) is 1.72. The highest BCUT2D eigenvalue weighted by atomic mass is 35.5. The van der Waals surface area contributed by atoms with E-state index in [0.717, 1.165) is 38.3 Å². The number of aromatic amines is 1. The average molecular weight is 346 g/mol. The number of hydrogen-bond acceptors (Lipinski definition) is 3. The summed E-state index contributed by atoms with van der Waals surface area (Å²) in [6.45, 7) is 6.68. The zero-order valence-electron chi connectivity index (χ0n) is 13.1. The molecule has 1 fully saturated rings. The smallest absolute Gasteiger partial charge is 0.119 e. The first kappa shape index (κ1) is 19.1. The largest absolute Gasteiger partial charge is 0.497 e. The van der Waals surface area contributed by atoms with Crippen molar-refractivity contribution in [1.29, 1.82) is 0 Å². The van der Waals surface area contributed by atoms with Crippen LogP contribution in [0.1, 0.15) is 24.9 Å². The second-order valence-corrected chi connectivity index (χ2v) is 5.37. The van der Waals surface area contributed by atoms with E-state index in [4.69, 9.17) is 4.74 Å². The Hall–Kier alpha value is -0.940. The molecule has 0 radical (unpaired) electrons. The Kier molecular flexibility index (Phi) is 7.49. The van der Waals surface area contributed by atoms with E-state index in [1.165, 1.54) is 16.5 Å². The van der Waals surface area contributed by atoms with Gasteiger partial charge in [-0.3, -0.25) is 4.90 Å². The summed E-state index contributed by atoms with van der Waals surface area (Å²) in [5.74, 6) is 0.925. The van der Waals surface area contributed by atoms with Gasteiger partial charge in [-0.25, -0.2) is 0 Å². The van der Waals surface area contributed by atoms with Crippen LogP contribution in [0.2, 0.25) is 0 Å². The van der Waals surface area contributed by atoms with Crippen molar-refractivity contribution >= 4 is 35.7 Å². The predicted molar refractivity (Wildman–Crippen MR) is 96.8 cm³/mol. The van der Waals surface area contributed by atoms with Gasteiger partial charge in [0.05, 0.1) is 7.11 Å². The Morgan fingerprint density at radius 3 is 2.59 bits per heavy atom. The van der Waals surface area contributed by atoms with Gasteiger partial charge in [-0.15, -0.1) is 24.8 Å². The van der Waals surface area contributed by atoms with Crippen LogP contribution in [-0.2, 0) is 0 Å². The van der Waals surface area contributed by atoms with Gasteiger partial charge in [-0.05, 0) is 30.2 Å². The summed E-state index contributed by atoms with van der Waals surface area (Å²) in [6.07, 6.45) is 3.30. The molecule has 4 nitrogen and oxygen atoms in total. The minimum absolute atomic E-state index is 0. The van der Waals surface area contributed by atoms with Crippen molar-refractivity contribution in [2.24, 2.45) is 0 Å². The number of hydrogen-bond donors (Lipinski definition) is 2. The number of rotatable bonds is 4. The SMILES string of the molecule is CC[C@H](c1c[nH]c2ccc(OC)cc12)N1CCNCC1.Cl.Cl. The average Bonchev–Trinajstić information content (AvgIpc) is 2.92. The summed E-state index contributed by atoms with van der Waals surface area (Å²) in [6, 6.07) is 6.74. The molecule has 0 saturated carbocycles. The van der Waals surface area contributed by atoms with E-state index in [0.29, 0.717) is 6.04 Å². The first-order valence-electron chi connectivity index (χ1n) is 7.43. The first-order chi connectivity index (χ1) is 9.83. The quantitative estimate of drug-likeness (QED) is 0.892. The number of H-pyrrole nitrogens is 1. The Morgan fingerprint density at radius 1 is 1.23 bits per heavy atom. The number of halogens is 2. The molecule has 6 heteroatoms. The lowest BCUT2D eigenvalue weighted by molar-refractivity contribution is 0.170. The molecule has 1 aliphatic heterocycles. The number of nitrogens with zero attached hydrogens (tertiary/aromatic N) is 1. The monoisotopic (exact) mass is 345 g/mol. The van der Waals surface area contributed by atoms with Crippen molar-refractivity contribution in [3.63, 3.8) is 0 Å². The topological polar surface area (TPSA) is 40.3 Å². The van der Waals surface area contributed by atoms with Crippen LogP contribution >= 0.6 is 24.8 Å². The molecular formula is C16H25Cl2N3O. The Balaban J connectivity index is 0.00000121. The van der Waals surface area contributed by atoms with E-state index in [-0.39, 0.29) is 24.8 Å². The number of aromatic nitrogens is 1. The summed E-state index contributed by atoms with van der Waals surface area (Å²) >= 11 is 0. The lowest BCUT2D eigenvalue weighted by Gasteiger charge is -2.34. The van der Waals surface area contributed by atoms with E-state index in [2.05, 4.69) is 40.5 Å². The number of piperazine rings is 1. The number of methoxy groups -OCH3 is 1. The summed E-state index contributed by atoms with van der Waals surface area (Å²) in [5.41, 5.74) is 2.58. The highest BCUT2D eigenvalue weighted by molar-refractivity contribution is 5.86. The van der Waals surface area contributed by atoms with Crippen LogP contribution in [0, 0.1) is 0 Å². The molecule has 2 aromatic rings. The maximum Gasteiger partial charge on any atom is 0.119 e. The third-order valence-electron chi connectivity index (χ3n) is 4.26. The number of fused-ring (bicyclic) bond motifs is 1. The van der Waals surface area contributed by atoms with Crippen molar-refractivity contribution in [3.8, 4) is 5.75 Å². The molecule has 0 bridgehead atoms. The predicted octanol–water partition coefficient (Wildman–Crippen LogP) is 3.38. The summed E-state index contributed by atoms with van der Waals surface area (Å²) in [5, 5.41) is 4.71. The molecule has 0 amide bonds. The maximum absolute atomic E-state index is 5.37. The van der Waals surface area contributed by atoms with Gasteiger partial charge in [0, 0.05) is 49.3 Å². The zero-order valence-corrected chi connectivity index (χ0v) is 14.7. The van der Waals surface area contributed by atoms with E-state index in [1.54, 1.807) is 7.11 Å². The number of ether oxygens (including phenoxy) is 1. The van der Waals surface area contributed by atoms with Gasteiger partial charge in [0.15, 0.2) is 0 Å². The highest BCUT2D eigenvalue weighted by Gasteiger charge is 2.23. The van der Waals surface area contributed by atoms with Crippen LogP contribution in [0.3, 0.4) is 0 Å². The molecule has 1 aromatic carbocycles. The molecule has 1 atom stereocenters. The standard InChI is InChI=1S/C16H23N3O.2ClH/c1-3-16(19-8-6-17-7-9-19)14-11-18-15-5-4-12(20-2)10-13(14)15;;/h4-5,10-11,16-18H,3,6-9H2,1-2H3;2*1H/t16-;;/m1../s1. The van der Waals surface area contributed by atoms with Gasteiger partial charge in [0.2, 0.25) is 0 Å². The fourth-order valence-electron chi connectivity index (χ4n) is 3.19. The van der Waals surface area contributed by atoms with Crippen LogP contribution in [0.15, 0.2) is 24.4 Å². The minimum Gasteiger partial charge on any atom is -0.497 e. The van der Waals surface area contributed by atoms with Gasteiger partial charge in [0.1, 0.15) is 5.75 Å². The van der Waals surface area contributed by atoms with Crippen molar-refractivity contribution in [3.05, 3.63) is 30.0 Å². The van der Waals surface area contributed by atoms with Crippen LogP contribution in [-0.4, -0.2) is 43.2 Å². The van der Waals surface area contributed by atoms with Crippen molar-refractivity contribution in [1.82, 2.24) is 15.2 Å². The molecule has 1 aromatic heterocycles. The van der Waals surface area contributed by atoms with E-state index < -0.39 is 0 Å². The highest BCUT2D eigenvalue weighted by Crippen LogP contribution is 2.32. The van der Waals surface area contributed by atoms with Gasteiger partial charge in [0.25, 0.3) is 0 Å². The minimum atomic E-state index is 0. The second kappa shape index (κ2) is 8.63. The van der Waals surface area contributed by atoms with Gasteiger partial charge in [-0.2, -0.15) is 0 Å². The fourth-order valence-corrected chi connectivity index (χ4v) is 3.19. The fraction of sp³-hybridized carbons (Fsp3) is 0.500. The van der Waals surface area contributed by atoms with E-state index in [9.17, 15) is 0 Å². The molecule has 0 spiro atoms. The molecule has 1 saturated heterocycles. The molecule has 1 aliphatic rings. The molecular weight excluding hydrogens is 321 g/mol. The summed E-state index contributed by atoms with van der Waals surface area (Å²) in [4.78, 5) is 5.98. The second-order valence-electron chi connectivity index (χ2n) is 5.37.